The van der Waals surface area contributed by atoms with Gasteiger partial charge >= 0.3 is 6.09 Å². The van der Waals surface area contributed by atoms with Gasteiger partial charge in [-0.05, 0) is 13.0 Å². The zero-order valence-electron chi connectivity index (χ0n) is 14.9. The molecule has 0 aromatic carbocycles. The van der Waals surface area contributed by atoms with Gasteiger partial charge in [0.2, 0.25) is 0 Å². The predicted octanol–water partition coefficient (Wildman–Crippen LogP) is 2.78. The molecule has 1 amide bonds. The molecule has 1 atom stereocenters. The lowest BCUT2D eigenvalue weighted by molar-refractivity contribution is 0.203. The van der Waals surface area contributed by atoms with Crippen LogP contribution in [-0.4, -0.2) is 37.8 Å². The maximum atomic E-state index is 11.3. The molecule has 0 fully saturated rings. The van der Waals surface area contributed by atoms with E-state index in [1.807, 2.05) is 30.7 Å². The van der Waals surface area contributed by atoms with E-state index in [9.17, 15) is 9.90 Å². The number of carboxylic acid groups (broad SMARTS) is 1. The van der Waals surface area contributed by atoms with E-state index in [0.29, 0.717) is 10.8 Å². The molecule has 0 spiro atoms. The molecule has 0 bridgehead atoms. The molecule has 0 aliphatic heterocycles. The van der Waals surface area contributed by atoms with Gasteiger partial charge in [-0.15, -0.1) is 0 Å². The van der Waals surface area contributed by atoms with E-state index < -0.39 is 6.09 Å². The van der Waals surface area contributed by atoms with E-state index in [0.717, 1.165) is 16.6 Å². The Balaban J connectivity index is 1.97. The molecule has 3 N–H and O–H groups in total. The Bertz CT molecular complexity index is 1070. The number of pyridine rings is 1. The van der Waals surface area contributed by atoms with Gasteiger partial charge in [0.1, 0.15) is 17.6 Å². The molecule has 138 valence electrons. The highest BCUT2D eigenvalue weighted by atomic mass is 32.2. The first-order chi connectivity index (χ1) is 12.8. The summed E-state index contributed by atoms with van der Waals surface area (Å²) in [6.45, 7) is 1.93. The van der Waals surface area contributed by atoms with Crippen LogP contribution in [0, 0.1) is 11.3 Å². The smallest absolute Gasteiger partial charge is 0.411 e. The normalized spacial score (nSPS) is 11.9. The number of aromatic nitrogens is 4. The first kappa shape index (κ1) is 18.5. The van der Waals surface area contributed by atoms with Crippen molar-refractivity contribution in [3.05, 3.63) is 35.9 Å². The zero-order valence-corrected chi connectivity index (χ0v) is 15.7. The van der Waals surface area contributed by atoms with Crippen molar-refractivity contribution < 1.29 is 9.90 Å². The fraction of sp³-hybridized carbons (Fsp3) is 0.235. The average molecular weight is 383 g/mol. The zero-order chi connectivity index (χ0) is 19.7. The highest BCUT2D eigenvalue weighted by Crippen LogP contribution is 2.35. The summed E-state index contributed by atoms with van der Waals surface area (Å²) in [4.78, 5) is 25.3. The maximum Gasteiger partial charge on any atom is 0.411 e. The molecule has 10 heteroatoms. The highest BCUT2D eigenvalue weighted by Gasteiger charge is 2.19. The summed E-state index contributed by atoms with van der Waals surface area (Å²) in [6.07, 6.45) is 2.42. The second kappa shape index (κ2) is 7.13. The number of nitrogens with zero attached hydrogens (tertiary/aromatic N) is 6. The van der Waals surface area contributed by atoms with E-state index in [2.05, 4.69) is 15.0 Å². The first-order valence-electron chi connectivity index (χ1n) is 7.93. The lowest BCUT2D eigenvalue weighted by Gasteiger charge is -2.13. The van der Waals surface area contributed by atoms with Crippen molar-refractivity contribution in [3.8, 4) is 6.07 Å². The summed E-state index contributed by atoms with van der Waals surface area (Å²) in [6, 6.07) is 5.23. The summed E-state index contributed by atoms with van der Waals surface area (Å²) in [5, 5.41) is 19.3. The standard InChI is InChI=1S/C17H17N7O2S/c1-9(27-16-21-10(6-18)4-15(19)22-16)12-5-11-13(7-20-12)23(2)8-14(11)24(3)17(25)26/h4-5,7-9H,1-3H3,(H,25,26)(H2,19,21,22). The minimum atomic E-state index is -1.04. The molecule has 0 radical (unpaired) electrons. The third-order valence-corrected chi connectivity index (χ3v) is 5.05. The average Bonchev–Trinajstić information content (AvgIpc) is 2.96. The number of anilines is 2. The number of hydrogen-bond acceptors (Lipinski definition) is 7. The summed E-state index contributed by atoms with van der Waals surface area (Å²) < 4.78 is 1.83. The van der Waals surface area contributed by atoms with Gasteiger partial charge in [-0.3, -0.25) is 9.88 Å². The Morgan fingerprint density at radius 1 is 1.44 bits per heavy atom. The fourth-order valence-corrected chi connectivity index (χ4v) is 3.51. The number of thioether (sulfide) groups is 1. The number of carbonyl (C=O) groups is 1. The van der Waals surface area contributed by atoms with Crippen molar-refractivity contribution in [2.45, 2.75) is 17.3 Å². The van der Waals surface area contributed by atoms with E-state index in [1.165, 1.54) is 29.8 Å². The minimum Gasteiger partial charge on any atom is -0.465 e. The van der Waals surface area contributed by atoms with Crippen molar-refractivity contribution in [2.75, 3.05) is 17.7 Å². The van der Waals surface area contributed by atoms with Crippen molar-refractivity contribution in [1.82, 2.24) is 19.5 Å². The van der Waals surface area contributed by atoms with Crippen molar-refractivity contribution >= 4 is 40.3 Å². The van der Waals surface area contributed by atoms with E-state index in [1.54, 1.807) is 12.4 Å². The quantitative estimate of drug-likeness (QED) is 0.519. The monoisotopic (exact) mass is 383 g/mol. The lowest BCUT2D eigenvalue weighted by atomic mass is 10.2. The molecular formula is C17H17N7O2S. The number of fused-ring (bicyclic) bond motifs is 1. The van der Waals surface area contributed by atoms with Crippen LogP contribution in [-0.2, 0) is 7.05 Å². The molecule has 0 saturated heterocycles. The third-order valence-electron chi connectivity index (χ3n) is 4.06. The van der Waals surface area contributed by atoms with Crippen LogP contribution >= 0.6 is 11.8 Å². The summed E-state index contributed by atoms with van der Waals surface area (Å²) in [7, 11) is 3.34. The van der Waals surface area contributed by atoms with Gasteiger partial charge in [0.15, 0.2) is 5.16 Å². The van der Waals surface area contributed by atoms with E-state index in [-0.39, 0.29) is 16.8 Å². The van der Waals surface area contributed by atoms with Gasteiger partial charge in [-0.2, -0.15) is 5.26 Å². The van der Waals surface area contributed by atoms with Gasteiger partial charge in [-0.1, -0.05) is 11.8 Å². The third kappa shape index (κ3) is 3.63. The molecule has 3 rings (SSSR count). The molecule has 3 heterocycles. The van der Waals surface area contributed by atoms with Gasteiger partial charge in [-0.25, -0.2) is 14.8 Å². The fourth-order valence-electron chi connectivity index (χ4n) is 2.64. The Morgan fingerprint density at radius 3 is 2.85 bits per heavy atom. The van der Waals surface area contributed by atoms with Crippen LogP contribution in [0.5, 0.6) is 0 Å². The van der Waals surface area contributed by atoms with Crippen LogP contribution in [0.4, 0.5) is 16.3 Å². The molecule has 3 aromatic heterocycles. The molecule has 1 unspecified atom stereocenters. The van der Waals surface area contributed by atoms with Crippen molar-refractivity contribution in [1.29, 1.82) is 5.26 Å². The second-order valence-corrected chi connectivity index (χ2v) is 7.23. The molecule has 9 nitrogen and oxygen atoms in total. The Kier molecular flexibility index (Phi) is 4.87. The summed E-state index contributed by atoms with van der Waals surface area (Å²) in [5.41, 5.74) is 8.06. The lowest BCUT2D eigenvalue weighted by Crippen LogP contribution is -2.23. The largest absolute Gasteiger partial charge is 0.465 e. The molecule has 27 heavy (non-hydrogen) atoms. The number of rotatable bonds is 4. The summed E-state index contributed by atoms with van der Waals surface area (Å²) in [5.74, 6) is 0.230. The summed E-state index contributed by atoms with van der Waals surface area (Å²) >= 11 is 1.32. The molecule has 0 saturated carbocycles. The Labute approximate surface area is 159 Å². The van der Waals surface area contributed by atoms with Gasteiger partial charge in [0, 0.05) is 31.7 Å². The maximum absolute atomic E-state index is 11.3. The van der Waals surface area contributed by atoms with Crippen molar-refractivity contribution in [3.63, 3.8) is 0 Å². The van der Waals surface area contributed by atoms with Crippen LogP contribution < -0.4 is 10.6 Å². The molecule has 3 aromatic rings. The van der Waals surface area contributed by atoms with E-state index in [4.69, 9.17) is 11.0 Å². The van der Waals surface area contributed by atoms with E-state index >= 15 is 0 Å². The second-order valence-electron chi connectivity index (χ2n) is 5.93. The van der Waals surface area contributed by atoms with Crippen LogP contribution in [0.1, 0.15) is 23.6 Å². The number of nitrogen functional groups attached to an aromatic ring is 1. The predicted molar refractivity (Wildman–Crippen MR) is 103 cm³/mol. The Morgan fingerprint density at radius 2 is 2.19 bits per heavy atom. The van der Waals surface area contributed by atoms with Gasteiger partial charge in [0.05, 0.1) is 28.3 Å². The van der Waals surface area contributed by atoms with Crippen LogP contribution in [0.25, 0.3) is 10.9 Å². The van der Waals surface area contributed by atoms with Crippen LogP contribution in [0.3, 0.4) is 0 Å². The molecular weight excluding hydrogens is 366 g/mol. The number of hydrogen-bond donors (Lipinski definition) is 2. The van der Waals surface area contributed by atoms with Crippen molar-refractivity contribution in [2.24, 2.45) is 7.05 Å². The van der Waals surface area contributed by atoms with Gasteiger partial charge in [0.25, 0.3) is 0 Å². The van der Waals surface area contributed by atoms with Crippen LogP contribution in [0.2, 0.25) is 0 Å². The SMILES string of the molecule is CC(Sc1nc(N)cc(C#N)n1)c1cc2c(N(C)C(=O)O)cn(C)c2cn1. The highest BCUT2D eigenvalue weighted by molar-refractivity contribution is 7.99. The Hall–Kier alpha value is -3.32. The number of amides is 1. The molecule has 0 aliphatic rings. The number of aryl methyl sites for hydroxylation is 1. The first-order valence-corrected chi connectivity index (χ1v) is 8.81. The van der Waals surface area contributed by atoms with Gasteiger partial charge < -0.3 is 15.4 Å². The number of nitrogens with two attached hydrogens (primary N) is 1. The topological polar surface area (TPSA) is 134 Å². The molecule has 0 aliphatic carbocycles. The number of nitriles is 1. The van der Waals surface area contributed by atoms with Crippen LogP contribution in [0.15, 0.2) is 29.7 Å². The minimum absolute atomic E-state index is 0.133.